The summed E-state index contributed by atoms with van der Waals surface area (Å²) in [7, 11) is 0. The molecule has 1 aliphatic rings. The number of carbonyl (C=O) groups excluding carboxylic acids is 3. The van der Waals surface area contributed by atoms with Gasteiger partial charge in [-0.05, 0) is 17.7 Å². The largest absolute Gasteiger partial charge is 0.468 e. The van der Waals surface area contributed by atoms with Crippen LogP contribution >= 0.6 is 0 Å². The minimum atomic E-state index is -5.07. The third kappa shape index (κ3) is 9.06. The van der Waals surface area contributed by atoms with Crippen molar-refractivity contribution in [2.24, 2.45) is 4.99 Å². The van der Waals surface area contributed by atoms with Crippen LogP contribution in [0.1, 0.15) is 26.3 Å². The fourth-order valence-electron chi connectivity index (χ4n) is 3.80. The van der Waals surface area contributed by atoms with Crippen LogP contribution in [0.4, 0.5) is 18.9 Å². The maximum atomic E-state index is 14.1. The Kier molecular flexibility index (Phi) is 10.6. The molecule has 1 saturated heterocycles. The molecular formula is C27H28F3NO9. The van der Waals surface area contributed by atoms with E-state index in [4.69, 9.17) is 28.4 Å². The summed E-state index contributed by atoms with van der Waals surface area (Å²) in [6.45, 7) is 2.51. The normalized spacial score (nSPS) is 23.1. The van der Waals surface area contributed by atoms with E-state index in [2.05, 4.69) is 4.99 Å². The average Bonchev–Trinajstić information content (AvgIpc) is 2.88. The first-order valence-corrected chi connectivity index (χ1v) is 12.1. The first kappa shape index (κ1) is 30.6. The van der Waals surface area contributed by atoms with Gasteiger partial charge in [0.2, 0.25) is 6.29 Å². The summed E-state index contributed by atoms with van der Waals surface area (Å²) in [5.41, 5.74) is 0.570. The highest BCUT2D eigenvalue weighted by Crippen LogP contribution is 2.33. The predicted molar refractivity (Wildman–Crippen MR) is 132 cm³/mol. The van der Waals surface area contributed by atoms with E-state index in [0.29, 0.717) is 5.56 Å². The lowest BCUT2D eigenvalue weighted by atomic mass is 9.98. The van der Waals surface area contributed by atoms with Crippen molar-refractivity contribution in [2.45, 2.75) is 64.3 Å². The van der Waals surface area contributed by atoms with Gasteiger partial charge in [-0.15, -0.1) is 0 Å². The maximum absolute atomic E-state index is 14.1. The maximum Gasteiger partial charge on any atom is 0.468 e. The quantitative estimate of drug-likeness (QED) is 0.191. The van der Waals surface area contributed by atoms with Gasteiger partial charge in [0.05, 0.1) is 12.3 Å². The number of carbonyl (C=O) groups is 3. The van der Waals surface area contributed by atoms with Crippen molar-refractivity contribution in [3.05, 3.63) is 66.2 Å². The second-order valence-electron chi connectivity index (χ2n) is 8.62. The topological polar surface area (TPSA) is 119 Å². The van der Waals surface area contributed by atoms with Crippen LogP contribution in [0.3, 0.4) is 0 Å². The number of benzene rings is 2. The minimum absolute atomic E-state index is 0.0572. The number of rotatable bonds is 9. The number of halogens is 3. The van der Waals surface area contributed by atoms with E-state index in [1.165, 1.54) is 24.3 Å². The van der Waals surface area contributed by atoms with E-state index in [9.17, 15) is 27.6 Å². The van der Waals surface area contributed by atoms with Crippen LogP contribution in [-0.2, 0) is 49.4 Å². The second kappa shape index (κ2) is 13.9. The van der Waals surface area contributed by atoms with Gasteiger partial charge in [-0.3, -0.25) is 14.4 Å². The summed E-state index contributed by atoms with van der Waals surface area (Å²) in [6.07, 6.45) is -12.9. The van der Waals surface area contributed by atoms with Gasteiger partial charge >= 0.3 is 24.1 Å². The molecule has 1 unspecified atom stereocenters. The van der Waals surface area contributed by atoms with Gasteiger partial charge < -0.3 is 28.4 Å². The smallest absolute Gasteiger partial charge is 0.463 e. The Bertz CT molecular complexity index is 1170. The summed E-state index contributed by atoms with van der Waals surface area (Å²) < 4.78 is 74.8. The first-order valence-electron chi connectivity index (χ1n) is 12.1. The van der Waals surface area contributed by atoms with Crippen LogP contribution in [0.2, 0.25) is 0 Å². The molecule has 0 saturated carbocycles. The Hall–Kier alpha value is -3.97. The SMILES string of the molecule is CC(=O)OC[C@H]1OC(OC(=Nc2ccccc2)C(F)(F)F)[C@H](OCc2ccccc2)[C@@H](OC(C)=O)[C@H]1OC(C)=O. The van der Waals surface area contributed by atoms with Gasteiger partial charge in [-0.1, -0.05) is 48.5 Å². The van der Waals surface area contributed by atoms with E-state index >= 15 is 0 Å². The van der Waals surface area contributed by atoms with Gasteiger partial charge in [0, 0.05) is 20.8 Å². The van der Waals surface area contributed by atoms with Crippen LogP contribution in [0.25, 0.3) is 0 Å². The van der Waals surface area contributed by atoms with E-state index in [0.717, 1.165) is 20.8 Å². The standard InChI is InChI=1S/C27H28F3NO9/c1-16(32)35-15-21-22(37-17(2)33)23(38-18(3)34)24(36-14-19-10-6-4-7-11-19)25(39-21)40-26(27(28,29)30)31-20-12-8-5-9-13-20/h4-13,21-25H,14-15H2,1-3H3/t21-,22+,23+,24-,25?/m1/s1. The number of alkyl halides is 3. The van der Waals surface area contributed by atoms with Crippen molar-refractivity contribution in [3.63, 3.8) is 0 Å². The summed E-state index contributed by atoms with van der Waals surface area (Å²) in [5, 5.41) is 0. The zero-order chi connectivity index (χ0) is 29.3. The molecule has 0 amide bonds. The lowest BCUT2D eigenvalue weighted by Gasteiger charge is -2.44. The third-order valence-electron chi connectivity index (χ3n) is 5.39. The molecule has 2 aromatic carbocycles. The summed E-state index contributed by atoms with van der Waals surface area (Å²) in [5.74, 6) is -4.08. The average molecular weight is 568 g/mol. The van der Waals surface area contributed by atoms with Crippen molar-refractivity contribution in [1.29, 1.82) is 0 Å². The Morgan fingerprint density at radius 2 is 1.38 bits per heavy atom. The van der Waals surface area contributed by atoms with E-state index in [-0.39, 0.29) is 12.3 Å². The van der Waals surface area contributed by atoms with Crippen molar-refractivity contribution < 1.29 is 56.0 Å². The molecule has 216 valence electrons. The molecule has 1 aliphatic heterocycles. The third-order valence-corrected chi connectivity index (χ3v) is 5.39. The second-order valence-corrected chi connectivity index (χ2v) is 8.62. The van der Waals surface area contributed by atoms with Gasteiger partial charge in [0.25, 0.3) is 5.90 Å². The van der Waals surface area contributed by atoms with Crippen molar-refractivity contribution in [1.82, 2.24) is 0 Å². The number of aliphatic imine (C=N–C) groups is 1. The summed E-state index contributed by atoms with van der Waals surface area (Å²) in [6, 6.07) is 15.9. The monoisotopic (exact) mass is 567 g/mol. The highest BCUT2D eigenvalue weighted by atomic mass is 19.4. The van der Waals surface area contributed by atoms with Crippen LogP contribution in [0, 0.1) is 0 Å². The van der Waals surface area contributed by atoms with Crippen molar-refractivity contribution in [2.75, 3.05) is 6.61 Å². The molecular weight excluding hydrogens is 539 g/mol. The Morgan fingerprint density at radius 1 is 0.800 bits per heavy atom. The zero-order valence-corrected chi connectivity index (χ0v) is 21.8. The molecule has 0 spiro atoms. The highest BCUT2D eigenvalue weighted by Gasteiger charge is 2.54. The number of nitrogens with zero attached hydrogens (tertiary/aromatic N) is 1. The van der Waals surface area contributed by atoms with Crippen LogP contribution in [-0.4, -0.2) is 67.3 Å². The van der Waals surface area contributed by atoms with Gasteiger partial charge in [-0.2, -0.15) is 13.2 Å². The Morgan fingerprint density at radius 3 is 1.93 bits per heavy atom. The molecule has 0 N–H and O–H groups in total. The van der Waals surface area contributed by atoms with E-state index in [1.807, 2.05) is 0 Å². The van der Waals surface area contributed by atoms with Gasteiger partial charge in [0.1, 0.15) is 12.7 Å². The van der Waals surface area contributed by atoms with Crippen molar-refractivity contribution in [3.8, 4) is 0 Å². The molecule has 2 aromatic rings. The van der Waals surface area contributed by atoms with Crippen molar-refractivity contribution >= 4 is 29.5 Å². The molecule has 1 heterocycles. The molecule has 5 atom stereocenters. The number of esters is 3. The molecule has 1 fully saturated rings. The Balaban J connectivity index is 2.05. The van der Waals surface area contributed by atoms with Crippen LogP contribution < -0.4 is 0 Å². The number of hydrogen-bond acceptors (Lipinski definition) is 10. The highest BCUT2D eigenvalue weighted by molar-refractivity contribution is 5.84. The summed E-state index contributed by atoms with van der Waals surface area (Å²) in [4.78, 5) is 39.1. The number of para-hydroxylation sites is 1. The number of hydrogen-bond donors (Lipinski definition) is 0. The molecule has 0 radical (unpaired) electrons. The van der Waals surface area contributed by atoms with E-state index in [1.54, 1.807) is 36.4 Å². The lowest BCUT2D eigenvalue weighted by molar-refractivity contribution is -0.302. The predicted octanol–water partition coefficient (Wildman–Crippen LogP) is 4.03. The van der Waals surface area contributed by atoms with Crippen LogP contribution in [0.5, 0.6) is 0 Å². The fraction of sp³-hybridized carbons (Fsp3) is 0.407. The molecule has 40 heavy (non-hydrogen) atoms. The molecule has 3 rings (SSSR count). The molecule has 13 heteroatoms. The first-order chi connectivity index (χ1) is 18.9. The minimum Gasteiger partial charge on any atom is -0.463 e. The van der Waals surface area contributed by atoms with E-state index < -0.39 is 67.3 Å². The molecule has 0 aromatic heterocycles. The van der Waals surface area contributed by atoms with Gasteiger partial charge in [0.15, 0.2) is 18.3 Å². The van der Waals surface area contributed by atoms with Crippen LogP contribution in [0.15, 0.2) is 65.7 Å². The fourth-order valence-corrected chi connectivity index (χ4v) is 3.80. The zero-order valence-electron chi connectivity index (χ0n) is 21.8. The van der Waals surface area contributed by atoms with Gasteiger partial charge in [-0.25, -0.2) is 4.99 Å². The lowest BCUT2D eigenvalue weighted by Crippen LogP contribution is -2.63. The Labute approximate surface area is 228 Å². The molecule has 10 nitrogen and oxygen atoms in total. The summed E-state index contributed by atoms with van der Waals surface area (Å²) >= 11 is 0. The molecule has 0 aliphatic carbocycles. The number of ether oxygens (including phenoxy) is 6. The molecule has 0 bridgehead atoms.